The molecular weight excluding hydrogens is 362 g/mol. The highest BCUT2D eigenvalue weighted by Gasteiger charge is 2.29. The molecule has 1 aromatic carbocycles. The third-order valence-electron chi connectivity index (χ3n) is 6.29. The molecule has 1 N–H and O–H groups in total. The monoisotopic (exact) mass is 389 g/mol. The smallest absolute Gasteiger partial charge is 0.229 e. The van der Waals surface area contributed by atoms with Crippen LogP contribution in [0.25, 0.3) is 5.52 Å². The summed E-state index contributed by atoms with van der Waals surface area (Å²) >= 11 is 0. The molecule has 3 heterocycles. The van der Waals surface area contributed by atoms with E-state index in [0.717, 1.165) is 54.8 Å². The maximum Gasteiger partial charge on any atom is 0.229 e. The molecule has 1 saturated heterocycles. The average molecular weight is 390 g/mol. The van der Waals surface area contributed by atoms with Crippen molar-refractivity contribution >= 4 is 22.9 Å². The van der Waals surface area contributed by atoms with Gasteiger partial charge in [-0.05, 0) is 57.1 Å². The van der Waals surface area contributed by atoms with E-state index in [0.29, 0.717) is 6.54 Å². The molecule has 1 unspecified atom stereocenters. The molecule has 1 amide bonds. The van der Waals surface area contributed by atoms with Crippen LogP contribution < -0.4 is 10.2 Å². The summed E-state index contributed by atoms with van der Waals surface area (Å²) in [4.78, 5) is 20.0. The molecule has 29 heavy (non-hydrogen) atoms. The van der Waals surface area contributed by atoms with Crippen LogP contribution in [0, 0.1) is 12.8 Å². The zero-order valence-corrected chi connectivity index (χ0v) is 16.9. The minimum absolute atomic E-state index is 0.0378. The lowest BCUT2D eigenvalue weighted by molar-refractivity contribution is -0.120. The molecule has 1 atom stereocenters. The van der Waals surface area contributed by atoms with Crippen molar-refractivity contribution in [1.82, 2.24) is 14.6 Å². The van der Waals surface area contributed by atoms with Gasteiger partial charge < -0.3 is 10.2 Å². The zero-order valence-electron chi connectivity index (χ0n) is 16.9. The molecule has 0 radical (unpaired) electrons. The van der Waals surface area contributed by atoms with Gasteiger partial charge in [0.1, 0.15) is 5.52 Å². The first-order chi connectivity index (χ1) is 14.2. The lowest BCUT2D eigenvalue weighted by Crippen LogP contribution is -2.41. The van der Waals surface area contributed by atoms with Gasteiger partial charge >= 0.3 is 0 Å². The van der Waals surface area contributed by atoms with Gasteiger partial charge in [-0.3, -0.25) is 4.79 Å². The first kappa shape index (κ1) is 18.2. The van der Waals surface area contributed by atoms with Crippen LogP contribution >= 0.6 is 0 Å². The molecule has 0 spiro atoms. The second-order valence-electron chi connectivity index (χ2n) is 8.27. The van der Waals surface area contributed by atoms with Gasteiger partial charge in [0.05, 0.1) is 11.6 Å². The van der Waals surface area contributed by atoms with Gasteiger partial charge in [0.2, 0.25) is 5.91 Å². The number of aryl methyl sites for hydroxylation is 3. The van der Waals surface area contributed by atoms with Gasteiger partial charge in [-0.1, -0.05) is 18.2 Å². The lowest BCUT2D eigenvalue weighted by atomic mass is 9.95. The molecule has 5 rings (SSSR count). The van der Waals surface area contributed by atoms with E-state index < -0.39 is 0 Å². The van der Waals surface area contributed by atoms with Crippen molar-refractivity contribution in [1.29, 1.82) is 0 Å². The molecule has 0 bridgehead atoms. The van der Waals surface area contributed by atoms with Crippen LogP contribution in [0.2, 0.25) is 0 Å². The fraction of sp³-hybridized carbons (Fsp3) is 0.435. The number of piperidine rings is 1. The molecule has 6 nitrogen and oxygen atoms in total. The van der Waals surface area contributed by atoms with Crippen LogP contribution in [0.4, 0.5) is 11.5 Å². The standard InChI is InChI=1S/C23H27N5O/c1-16-7-2-4-10-19(16)25-23(29)17-8-6-13-27(15-17)22-21-18-9-3-5-11-20(18)26-28(21)14-12-24-22/h2,4,7,10,12,14,17H,3,5-6,8-9,11,13,15H2,1H3,(H,25,29). The third kappa shape index (κ3) is 3.37. The maximum absolute atomic E-state index is 13.0. The summed E-state index contributed by atoms with van der Waals surface area (Å²) in [7, 11) is 0. The van der Waals surface area contributed by atoms with Crippen molar-refractivity contribution in [2.24, 2.45) is 5.92 Å². The number of fused-ring (bicyclic) bond motifs is 3. The summed E-state index contributed by atoms with van der Waals surface area (Å²) in [5.74, 6) is 1.05. The largest absolute Gasteiger partial charge is 0.354 e. The average Bonchev–Trinajstić information content (AvgIpc) is 3.14. The quantitative estimate of drug-likeness (QED) is 0.741. The molecule has 3 aromatic rings. The van der Waals surface area contributed by atoms with Crippen molar-refractivity contribution in [2.75, 3.05) is 23.3 Å². The highest BCUT2D eigenvalue weighted by atomic mass is 16.1. The number of para-hydroxylation sites is 1. The molecule has 2 aromatic heterocycles. The highest BCUT2D eigenvalue weighted by Crippen LogP contribution is 2.32. The minimum Gasteiger partial charge on any atom is -0.354 e. The number of rotatable bonds is 3. The van der Waals surface area contributed by atoms with Crippen molar-refractivity contribution in [3.05, 3.63) is 53.5 Å². The predicted molar refractivity (Wildman–Crippen MR) is 114 cm³/mol. The second kappa shape index (κ2) is 7.50. The van der Waals surface area contributed by atoms with Gasteiger partial charge in [0.15, 0.2) is 5.82 Å². The number of amides is 1. The number of carbonyl (C=O) groups is 1. The van der Waals surface area contributed by atoms with E-state index in [1.807, 2.05) is 48.1 Å². The molecule has 1 aliphatic carbocycles. The fourth-order valence-corrected chi connectivity index (χ4v) is 4.71. The second-order valence-corrected chi connectivity index (χ2v) is 8.27. The van der Waals surface area contributed by atoms with Crippen LogP contribution in [0.1, 0.15) is 42.5 Å². The van der Waals surface area contributed by atoms with Gasteiger partial charge in [0, 0.05) is 36.7 Å². The summed E-state index contributed by atoms with van der Waals surface area (Å²) in [6, 6.07) is 7.94. The van der Waals surface area contributed by atoms with Crippen LogP contribution in [0.5, 0.6) is 0 Å². The van der Waals surface area contributed by atoms with E-state index in [4.69, 9.17) is 10.1 Å². The molecule has 2 aliphatic rings. The topological polar surface area (TPSA) is 62.5 Å². The Kier molecular flexibility index (Phi) is 4.70. The molecular formula is C23H27N5O. The van der Waals surface area contributed by atoms with Crippen molar-refractivity contribution in [3.63, 3.8) is 0 Å². The Balaban J connectivity index is 1.40. The Morgan fingerprint density at radius 1 is 1.17 bits per heavy atom. The first-order valence-corrected chi connectivity index (χ1v) is 10.7. The summed E-state index contributed by atoms with van der Waals surface area (Å²) in [6.07, 6.45) is 10.2. The Bertz CT molecular complexity index is 1060. The van der Waals surface area contributed by atoms with Crippen molar-refractivity contribution in [2.45, 2.75) is 45.4 Å². The number of nitrogens with one attached hydrogen (secondary N) is 1. The van der Waals surface area contributed by atoms with E-state index in [1.165, 1.54) is 24.1 Å². The third-order valence-corrected chi connectivity index (χ3v) is 6.29. The number of aromatic nitrogens is 3. The number of carbonyl (C=O) groups excluding carboxylic acids is 1. The Morgan fingerprint density at radius 2 is 2.03 bits per heavy atom. The van der Waals surface area contributed by atoms with Gasteiger partial charge in [0.25, 0.3) is 0 Å². The molecule has 6 heteroatoms. The highest BCUT2D eigenvalue weighted by molar-refractivity contribution is 5.93. The van der Waals surface area contributed by atoms with Crippen LogP contribution in [0.15, 0.2) is 36.7 Å². The van der Waals surface area contributed by atoms with Crippen molar-refractivity contribution in [3.8, 4) is 0 Å². The minimum atomic E-state index is -0.0378. The summed E-state index contributed by atoms with van der Waals surface area (Å²) in [6.45, 7) is 3.65. The van der Waals surface area contributed by atoms with Gasteiger partial charge in [-0.2, -0.15) is 5.10 Å². The number of hydrogen-bond acceptors (Lipinski definition) is 4. The van der Waals surface area contributed by atoms with Crippen LogP contribution in [0.3, 0.4) is 0 Å². The Hall–Kier alpha value is -2.89. The van der Waals surface area contributed by atoms with Crippen LogP contribution in [-0.4, -0.2) is 33.6 Å². The molecule has 1 fully saturated rings. The van der Waals surface area contributed by atoms with E-state index in [-0.39, 0.29) is 11.8 Å². The lowest BCUT2D eigenvalue weighted by Gasteiger charge is -2.33. The van der Waals surface area contributed by atoms with E-state index in [9.17, 15) is 4.79 Å². The summed E-state index contributed by atoms with van der Waals surface area (Å²) in [5, 5.41) is 7.93. The summed E-state index contributed by atoms with van der Waals surface area (Å²) < 4.78 is 2.00. The van der Waals surface area contributed by atoms with Crippen LogP contribution in [-0.2, 0) is 17.6 Å². The molecule has 1 aliphatic heterocycles. The SMILES string of the molecule is Cc1ccccc1NC(=O)C1CCCN(c2nccn3nc4c(c23)CCCC4)C1. The number of nitrogens with zero attached hydrogens (tertiary/aromatic N) is 4. The summed E-state index contributed by atoms with van der Waals surface area (Å²) in [5.41, 5.74) is 5.70. The number of benzene rings is 1. The fourth-order valence-electron chi connectivity index (χ4n) is 4.71. The molecule has 0 saturated carbocycles. The Labute approximate surface area is 170 Å². The maximum atomic E-state index is 13.0. The number of hydrogen-bond donors (Lipinski definition) is 1. The predicted octanol–water partition coefficient (Wildman–Crippen LogP) is 3.77. The van der Waals surface area contributed by atoms with E-state index in [1.54, 1.807) is 0 Å². The Morgan fingerprint density at radius 3 is 2.93 bits per heavy atom. The van der Waals surface area contributed by atoms with E-state index in [2.05, 4.69) is 10.2 Å². The van der Waals surface area contributed by atoms with E-state index >= 15 is 0 Å². The normalized spacial score (nSPS) is 19.2. The molecule has 150 valence electrons. The first-order valence-electron chi connectivity index (χ1n) is 10.7. The number of anilines is 2. The van der Waals surface area contributed by atoms with Crippen molar-refractivity contribution < 1.29 is 4.79 Å². The van der Waals surface area contributed by atoms with Gasteiger partial charge in [-0.15, -0.1) is 0 Å². The van der Waals surface area contributed by atoms with Gasteiger partial charge in [-0.25, -0.2) is 9.50 Å². The zero-order chi connectivity index (χ0) is 19.8.